The predicted octanol–water partition coefficient (Wildman–Crippen LogP) is -0.813. The molecule has 0 saturated carbocycles. The van der Waals surface area contributed by atoms with Crippen molar-refractivity contribution in [1.29, 1.82) is 0 Å². The molecule has 1 aliphatic heterocycles. The molecule has 0 aromatic carbocycles. The van der Waals surface area contributed by atoms with Crippen LogP contribution in [0.2, 0.25) is 0 Å². The third-order valence-corrected chi connectivity index (χ3v) is 3.70. The van der Waals surface area contributed by atoms with E-state index in [4.69, 9.17) is 10.8 Å². The fourth-order valence-corrected chi connectivity index (χ4v) is 2.74. The fourth-order valence-electron chi connectivity index (χ4n) is 1.42. The number of hydrogen-bond acceptors (Lipinski definition) is 6. The molecule has 0 aromatic rings. The average Bonchev–Trinajstić information content (AvgIpc) is 2.74. The summed E-state index contributed by atoms with van der Waals surface area (Å²) in [6.45, 7) is 1.52. The fraction of sp³-hybridized carbons (Fsp3) is 0.667. The molecule has 1 amide bonds. The van der Waals surface area contributed by atoms with Gasteiger partial charge in [-0.05, 0) is 6.92 Å². The van der Waals surface area contributed by atoms with Crippen LogP contribution < -0.4 is 5.73 Å². The predicted molar refractivity (Wildman–Crippen MR) is 67.0 cm³/mol. The van der Waals surface area contributed by atoms with Gasteiger partial charge in [0, 0.05) is 5.75 Å². The molecule has 0 radical (unpaired) electrons. The van der Waals surface area contributed by atoms with Gasteiger partial charge in [0.25, 0.3) is 0 Å². The minimum absolute atomic E-state index is 0.248. The topological polar surface area (TPSA) is 101 Å². The number of hydrogen-bond donors (Lipinski definition) is 3. The number of carbonyl (C=O) groups excluding carboxylic acids is 2. The van der Waals surface area contributed by atoms with Gasteiger partial charge < -0.3 is 15.7 Å². The maximum absolute atomic E-state index is 11.9. The Bertz CT molecular complexity index is 348. The van der Waals surface area contributed by atoms with E-state index in [2.05, 4.69) is 12.6 Å². The second-order valence-electron chi connectivity index (χ2n) is 3.72. The lowest BCUT2D eigenvalue weighted by Crippen LogP contribution is -2.53. The number of carboxylic acid groups (broad SMARTS) is 1. The molecular weight excluding hydrogens is 264 g/mol. The van der Waals surface area contributed by atoms with Crippen molar-refractivity contribution in [2.24, 2.45) is 5.73 Å². The quantitative estimate of drug-likeness (QED) is 0.459. The summed E-state index contributed by atoms with van der Waals surface area (Å²) in [6.07, 6.45) is 0. The summed E-state index contributed by atoms with van der Waals surface area (Å²) < 4.78 is 0. The highest BCUT2D eigenvalue weighted by atomic mass is 32.2. The third-order valence-electron chi connectivity index (χ3n) is 2.43. The average molecular weight is 278 g/mol. The molecule has 6 nitrogen and oxygen atoms in total. The minimum atomic E-state index is -1.33. The number of ketones is 1. The molecule has 1 fully saturated rings. The number of nitrogens with two attached hydrogens (primary N) is 1. The molecule has 0 bridgehead atoms. The Kier molecular flexibility index (Phi) is 4.84. The van der Waals surface area contributed by atoms with E-state index in [0.29, 0.717) is 5.75 Å². The van der Waals surface area contributed by atoms with Crippen molar-refractivity contribution in [2.75, 3.05) is 11.6 Å². The molecule has 0 aliphatic carbocycles. The Balaban J connectivity index is 2.76. The van der Waals surface area contributed by atoms with Crippen LogP contribution in [0, 0.1) is 0 Å². The summed E-state index contributed by atoms with van der Waals surface area (Å²) in [4.78, 5) is 35.4. The molecule has 96 valence electrons. The first-order valence-electron chi connectivity index (χ1n) is 4.94. The van der Waals surface area contributed by atoms with Crippen molar-refractivity contribution in [3.63, 3.8) is 0 Å². The molecule has 1 rings (SSSR count). The van der Waals surface area contributed by atoms with Gasteiger partial charge in [-0.1, -0.05) is 0 Å². The Morgan fingerprint density at radius 1 is 1.53 bits per heavy atom. The molecule has 3 atom stereocenters. The number of thiol groups is 1. The van der Waals surface area contributed by atoms with Crippen LogP contribution in [0.3, 0.4) is 0 Å². The van der Waals surface area contributed by atoms with Gasteiger partial charge in [-0.2, -0.15) is 12.6 Å². The first-order chi connectivity index (χ1) is 7.86. The van der Waals surface area contributed by atoms with E-state index in [1.165, 1.54) is 18.7 Å². The summed E-state index contributed by atoms with van der Waals surface area (Å²) in [5, 5.41) is 8.27. The summed E-state index contributed by atoms with van der Waals surface area (Å²) in [5.41, 5.74) is 5.51. The molecule has 1 heterocycles. The standard InChI is InChI=1S/C9H14N2O4S2/c1-4(16)7(12)6(10)8(13)11-3-17-2-5(11)9(14)15/h4-6,16H,2-3,10H2,1H3,(H,14,15)/t4-,5+,6-/m1/s1. The number of rotatable bonds is 4. The van der Waals surface area contributed by atoms with E-state index in [-0.39, 0.29) is 5.88 Å². The van der Waals surface area contributed by atoms with Gasteiger partial charge in [0.2, 0.25) is 5.91 Å². The number of thioether (sulfide) groups is 1. The number of carbonyl (C=O) groups is 3. The van der Waals surface area contributed by atoms with Crippen LogP contribution in [0.5, 0.6) is 0 Å². The van der Waals surface area contributed by atoms with Gasteiger partial charge >= 0.3 is 5.97 Å². The highest BCUT2D eigenvalue weighted by molar-refractivity contribution is 7.99. The zero-order valence-electron chi connectivity index (χ0n) is 9.20. The van der Waals surface area contributed by atoms with Crippen molar-refractivity contribution in [3.05, 3.63) is 0 Å². The van der Waals surface area contributed by atoms with Crippen molar-refractivity contribution >= 4 is 42.1 Å². The molecule has 0 unspecified atom stereocenters. The highest BCUT2D eigenvalue weighted by Crippen LogP contribution is 2.22. The number of Topliss-reactive ketones (excluding diaryl/α,β-unsaturated/α-hetero) is 1. The lowest BCUT2D eigenvalue weighted by atomic mass is 10.1. The van der Waals surface area contributed by atoms with Gasteiger partial charge in [0.15, 0.2) is 5.78 Å². The second-order valence-corrected chi connectivity index (χ2v) is 5.49. The molecular formula is C9H14N2O4S2. The second kappa shape index (κ2) is 5.74. The van der Waals surface area contributed by atoms with Crippen LogP contribution in [0.15, 0.2) is 0 Å². The van der Waals surface area contributed by atoms with Crippen molar-refractivity contribution in [1.82, 2.24) is 4.90 Å². The Morgan fingerprint density at radius 2 is 2.12 bits per heavy atom. The first kappa shape index (κ1) is 14.3. The van der Waals surface area contributed by atoms with E-state index >= 15 is 0 Å². The van der Waals surface area contributed by atoms with E-state index in [1.807, 2.05) is 0 Å². The van der Waals surface area contributed by atoms with Crippen molar-refractivity contribution in [3.8, 4) is 0 Å². The van der Waals surface area contributed by atoms with Gasteiger partial charge in [-0.15, -0.1) is 11.8 Å². The molecule has 1 aliphatic rings. The normalized spacial score (nSPS) is 23.2. The number of carboxylic acids is 1. The smallest absolute Gasteiger partial charge is 0.327 e. The minimum Gasteiger partial charge on any atom is -0.480 e. The zero-order valence-corrected chi connectivity index (χ0v) is 10.9. The third kappa shape index (κ3) is 3.14. The van der Waals surface area contributed by atoms with Gasteiger partial charge in [0.05, 0.1) is 11.1 Å². The Morgan fingerprint density at radius 3 is 2.59 bits per heavy atom. The van der Waals surface area contributed by atoms with Gasteiger partial charge in [-0.25, -0.2) is 4.79 Å². The monoisotopic (exact) mass is 278 g/mol. The summed E-state index contributed by atoms with van der Waals surface area (Å²) in [6, 6.07) is -2.23. The van der Waals surface area contributed by atoms with Crippen molar-refractivity contribution < 1.29 is 19.5 Å². The van der Waals surface area contributed by atoms with Crippen LogP contribution in [0.4, 0.5) is 0 Å². The SMILES string of the molecule is C[C@@H](S)C(=O)[C@@H](N)C(=O)N1CSC[C@H]1C(=O)O. The molecule has 1 saturated heterocycles. The summed E-state index contributed by atoms with van der Waals surface area (Å²) in [7, 11) is 0. The Hall–Kier alpha value is -0.730. The van der Waals surface area contributed by atoms with Crippen LogP contribution in [0.1, 0.15) is 6.92 Å². The zero-order chi connectivity index (χ0) is 13.2. The maximum atomic E-state index is 11.9. The molecule has 3 N–H and O–H groups in total. The number of amides is 1. The largest absolute Gasteiger partial charge is 0.480 e. The molecule has 17 heavy (non-hydrogen) atoms. The highest BCUT2D eigenvalue weighted by Gasteiger charge is 2.38. The van der Waals surface area contributed by atoms with Crippen molar-refractivity contribution in [2.45, 2.75) is 24.3 Å². The molecule has 0 spiro atoms. The van der Waals surface area contributed by atoms with Gasteiger partial charge in [-0.3, -0.25) is 9.59 Å². The lowest BCUT2D eigenvalue weighted by molar-refractivity contribution is -0.149. The van der Waals surface area contributed by atoms with E-state index < -0.39 is 35.0 Å². The van der Waals surface area contributed by atoms with Crippen LogP contribution >= 0.6 is 24.4 Å². The van der Waals surface area contributed by atoms with Crippen LogP contribution in [0.25, 0.3) is 0 Å². The summed E-state index contributed by atoms with van der Waals surface area (Å²) >= 11 is 5.23. The Labute approximate surface area is 108 Å². The number of nitrogens with zero attached hydrogens (tertiary/aromatic N) is 1. The van der Waals surface area contributed by atoms with E-state index in [1.54, 1.807) is 0 Å². The molecule has 8 heteroatoms. The van der Waals surface area contributed by atoms with Crippen LogP contribution in [-0.4, -0.2) is 56.6 Å². The summed E-state index contributed by atoms with van der Waals surface area (Å²) in [5.74, 6) is -1.66. The first-order valence-corrected chi connectivity index (χ1v) is 6.61. The maximum Gasteiger partial charge on any atom is 0.327 e. The van der Waals surface area contributed by atoms with Crippen LogP contribution in [-0.2, 0) is 14.4 Å². The van der Waals surface area contributed by atoms with E-state index in [9.17, 15) is 14.4 Å². The molecule has 0 aromatic heterocycles. The number of aliphatic carboxylic acids is 1. The van der Waals surface area contributed by atoms with E-state index in [0.717, 1.165) is 4.90 Å². The lowest BCUT2D eigenvalue weighted by Gasteiger charge is -2.23. The van der Waals surface area contributed by atoms with Gasteiger partial charge in [0.1, 0.15) is 12.1 Å².